The van der Waals surface area contributed by atoms with Crippen LogP contribution in [0.1, 0.15) is 13.8 Å². The number of hydrogen-bond donors (Lipinski definition) is 0. The predicted octanol–water partition coefficient (Wildman–Crippen LogP) is 2.07. The van der Waals surface area contributed by atoms with Crippen LogP contribution in [0.3, 0.4) is 0 Å². The minimum Gasteiger partial charge on any atom is -0.463 e. The summed E-state index contributed by atoms with van der Waals surface area (Å²) in [5, 5.41) is 0. The highest BCUT2D eigenvalue weighted by Gasteiger charge is 2.36. The first kappa shape index (κ1) is 17.2. The van der Waals surface area contributed by atoms with E-state index in [9.17, 15) is 22.8 Å². The van der Waals surface area contributed by atoms with Gasteiger partial charge < -0.3 is 9.64 Å². The highest BCUT2D eigenvalue weighted by Crippen LogP contribution is 2.18. The fraction of sp³-hybridized carbons (Fsp3) is 0.500. The molecule has 0 unspecified atom stereocenters. The Kier molecular flexibility index (Phi) is 6.31. The molecule has 0 saturated heterocycles. The highest BCUT2D eigenvalue weighted by atomic mass is 19.4. The summed E-state index contributed by atoms with van der Waals surface area (Å²) in [5.74, 6) is -2.63. The molecule has 0 saturated carbocycles. The van der Waals surface area contributed by atoms with E-state index in [4.69, 9.17) is 4.74 Å². The smallest absolute Gasteiger partial charge is 0.454 e. The number of nitrogens with zero attached hydrogens (tertiary/aromatic N) is 1. The molecular formula is C12H16F3NO3. The molecule has 0 fully saturated rings. The molecule has 0 aliphatic rings. The van der Waals surface area contributed by atoms with Crippen molar-refractivity contribution < 1.29 is 27.5 Å². The maximum atomic E-state index is 12.2. The van der Waals surface area contributed by atoms with Crippen molar-refractivity contribution in [2.24, 2.45) is 0 Å². The summed E-state index contributed by atoms with van der Waals surface area (Å²) in [7, 11) is 2.93. The van der Waals surface area contributed by atoms with Gasteiger partial charge in [0.25, 0.3) is 5.78 Å². The van der Waals surface area contributed by atoms with Gasteiger partial charge >= 0.3 is 12.1 Å². The molecule has 0 heterocycles. The topological polar surface area (TPSA) is 46.6 Å². The highest BCUT2D eigenvalue weighted by molar-refractivity contribution is 5.95. The summed E-state index contributed by atoms with van der Waals surface area (Å²) in [6.07, 6.45) is -3.34. The third-order valence-electron chi connectivity index (χ3n) is 2.04. The van der Waals surface area contributed by atoms with Crippen LogP contribution in [0.5, 0.6) is 0 Å². The standard InChI is InChI=1S/C12H16F3NO3/c1-5-19-11(18)8(2)6-9(16(3)4)7-10(17)12(13,14)15/h6-7H,5H2,1-4H3/b8-6+,9-7+. The van der Waals surface area contributed by atoms with Gasteiger partial charge in [-0.3, -0.25) is 4.79 Å². The van der Waals surface area contributed by atoms with Crippen LogP contribution in [0.4, 0.5) is 13.2 Å². The molecule has 7 heteroatoms. The van der Waals surface area contributed by atoms with Crippen molar-refractivity contribution in [2.45, 2.75) is 20.0 Å². The van der Waals surface area contributed by atoms with E-state index >= 15 is 0 Å². The van der Waals surface area contributed by atoms with Crippen molar-refractivity contribution in [1.82, 2.24) is 4.90 Å². The van der Waals surface area contributed by atoms with E-state index in [2.05, 4.69) is 0 Å². The van der Waals surface area contributed by atoms with Gasteiger partial charge in [0, 0.05) is 31.4 Å². The first-order valence-electron chi connectivity index (χ1n) is 5.45. The Bertz CT molecular complexity index is 409. The molecule has 0 aromatic carbocycles. The van der Waals surface area contributed by atoms with E-state index < -0.39 is 17.9 Å². The van der Waals surface area contributed by atoms with Crippen LogP contribution in [-0.2, 0) is 14.3 Å². The second-order valence-corrected chi connectivity index (χ2v) is 3.87. The van der Waals surface area contributed by atoms with Crippen LogP contribution in [-0.4, -0.2) is 43.5 Å². The van der Waals surface area contributed by atoms with Crippen molar-refractivity contribution in [3.8, 4) is 0 Å². The largest absolute Gasteiger partial charge is 0.463 e. The van der Waals surface area contributed by atoms with Crippen LogP contribution in [0.15, 0.2) is 23.4 Å². The molecule has 0 atom stereocenters. The second-order valence-electron chi connectivity index (χ2n) is 3.87. The minimum absolute atomic E-state index is 0.0344. The third-order valence-corrected chi connectivity index (χ3v) is 2.04. The lowest BCUT2D eigenvalue weighted by Crippen LogP contribution is -2.22. The lowest BCUT2D eigenvalue weighted by Gasteiger charge is -2.15. The number of likely N-dealkylation sites (N-methyl/N-ethyl adjacent to an activating group) is 1. The number of ether oxygens (including phenoxy) is 1. The molecule has 0 N–H and O–H groups in total. The number of rotatable bonds is 5. The maximum absolute atomic E-state index is 12.2. The van der Waals surface area contributed by atoms with Crippen LogP contribution in [0.2, 0.25) is 0 Å². The molecule has 0 aliphatic heterocycles. The number of alkyl halides is 3. The first-order valence-corrected chi connectivity index (χ1v) is 5.45. The molecule has 19 heavy (non-hydrogen) atoms. The average Bonchev–Trinajstić information content (AvgIpc) is 2.26. The zero-order valence-electron chi connectivity index (χ0n) is 11.2. The average molecular weight is 279 g/mol. The monoisotopic (exact) mass is 279 g/mol. The van der Waals surface area contributed by atoms with E-state index in [0.717, 1.165) is 0 Å². The molecule has 4 nitrogen and oxygen atoms in total. The van der Waals surface area contributed by atoms with Crippen molar-refractivity contribution in [3.63, 3.8) is 0 Å². The van der Waals surface area contributed by atoms with Crippen LogP contribution in [0.25, 0.3) is 0 Å². The van der Waals surface area contributed by atoms with Crippen molar-refractivity contribution >= 4 is 11.8 Å². The molecule has 0 radical (unpaired) electrons. The predicted molar refractivity (Wildman–Crippen MR) is 63.2 cm³/mol. The number of carbonyl (C=O) groups excluding carboxylic acids is 2. The van der Waals surface area contributed by atoms with Gasteiger partial charge in [0.15, 0.2) is 0 Å². The lowest BCUT2D eigenvalue weighted by atomic mass is 10.2. The van der Waals surface area contributed by atoms with Gasteiger partial charge in [-0.2, -0.15) is 13.2 Å². The van der Waals surface area contributed by atoms with E-state index in [0.29, 0.717) is 6.08 Å². The lowest BCUT2D eigenvalue weighted by molar-refractivity contribution is -0.165. The van der Waals surface area contributed by atoms with Gasteiger partial charge in [-0.25, -0.2) is 4.79 Å². The Morgan fingerprint density at radius 3 is 2.11 bits per heavy atom. The van der Waals surface area contributed by atoms with Gasteiger partial charge in [-0.15, -0.1) is 0 Å². The van der Waals surface area contributed by atoms with E-state index in [1.165, 1.54) is 32.0 Å². The van der Waals surface area contributed by atoms with Crippen LogP contribution < -0.4 is 0 Å². The van der Waals surface area contributed by atoms with Crippen molar-refractivity contribution in [1.29, 1.82) is 0 Å². The van der Waals surface area contributed by atoms with Gasteiger partial charge in [0.05, 0.1) is 6.61 Å². The van der Waals surface area contributed by atoms with E-state index in [1.807, 2.05) is 0 Å². The van der Waals surface area contributed by atoms with Crippen LogP contribution >= 0.6 is 0 Å². The number of carbonyl (C=O) groups is 2. The fourth-order valence-electron chi connectivity index (χ4n) is 1.04. The number of esters is 1. The van der Waals surface area contributed by atoms with E-state index in [-0.39, 0.29) is 17.9 Å². The van der Waals surface area contributed by atoms with Gasteiger partial charge in [-0.1, -0.05) is 0 Å². The summed E-state index contributed by atoms with van der Waals surface area (Å²) in [4.78, 5) is 23.5. The first-order chi connectivity index (χ1) is 8.59. The summed E-state index contributed by atoms with van der Waals surface area (Å²) in [5.41, 5.74) is 0.0738. The quantitative estimate of drug-likeness (QED) is 0.439. The Morgan fingerprint density at radius 2 is 1.74 bits per heavy atom. The Labute approximate surface area is 109 Å². The normalized spacial score (nSPS) is 13.2. The maximum Gasteiger partial charge on any atom is 0.454 e. The SMILES string of the molecule is CCOC(=O)/C(C)=C/C(=C\C(=O)C(F)(F)F)N(C)C. The van der Waals surface area contributed by atoms with Crippen molar-refractivity contribution in [2.75, 3.05) is 20.7 Å². The van der Waals surface area contributed by atoms with E-state index in [1.54, 1.807) is 6.92 Å². The molecule has 0 spiro atoms. The molecule has 0 rings (SSSR count). The van der Waals surface area contributed by atoms with Gasteiger partial charge in [0.2, 0.25) is 0 Å². The molecule has 108 valence electrons. The molecular weight excluding hydrogens is 263 g/mol. The summed E-state index contributed by atoms with van der Waals surface area (Å²) in [6.45, 7) is 3.17. The Balaban J connectivity index is 5.26. The molecule has 0 aromatic heterocycles. The number of ketones is 1. The fourth-order valence-corrected chi connectivity index (χ4v) is 1.04. The van der Waals surface area contributed by atoms with Gasteiger partial charge in [0.1, 0.15) is 0 Å². The third kappa shape index (κ3) is 6.08. The minimum atomic E-state index is -4.94. The summed E-state index contributed by atoms with van der Waals surface area (Å²) in [6, 6.07) is 0. The number of halogens is 3. The van der Waals surface area contributed by atoms with Crippen LogP contribution in [0, 0.1) is 0 Å². The second kappa shape index (κ2) is 6.96. The molecule has 0 aromatic rings. The Morgan fingerprint density at radius 1 is 1.21 bits per heavy atom. The molecule has 0 aliphatic carbocycles. The Hall–Kier alpha value is -1.79. The summed E-state index contributed by atoms with van der Waals surface area (Å²) < 4.78 is 41.2. The zero-order valence-corrected chi connectivity index (χ0v) is 11.2. The van der Waals surface area contributed by atoms with Crippen molar-refractivity contribution in [3.05, 3.63) is 23.4 Å². The van der Waals surface area contributed by atoms with Gasteiger partial charge in [-0.05, 0) is 19.9 Å². The zero-order chi connectivity index (χ0) is 15.2. The number of allylic oxidation sites excluding steroid dienone is 2. The summed E-state index contributed by atoms with van der Waals surface area (Å²) >= 11 is 0. The number of hydrogen-bond acceptors (Lipinski definition) is 4. The molecule has 0 bridgehead atoms. The molecule has 0 amide bonds.